The van der Waals surface area contributed by atoms with Gasteiger partial charge < -0.3 is 9.13 Å². The minimum atomic E-state index is -0.117. The first kappa shape index (κ1) is 21.8. The van der Waals surface area contributed by atoms with E-state index < -0.39 is 0 Å². The number of allylic oxidation sites excluding steroid dienone is 1. The third-order valence-corrected chi connectivity index (χ3v) is 7.44. The van der Waals surface area contributed by atoms with Gasteiger partial charge in [0.15, 0.2) is 5.16 Å². The van der Waals surface area contributed by atoms with Gasteiger partial charge in [-0.25, -0.2) is 0 Å². The largest absolute Gasteiger partial charge is 0.354 e. The number of rotatable bonds is 9. The number of aromatic nitrogens is 6. The molecular weight excluding hydrogens is 430 g/mol. The van der Waals surface area contributed by atoms with Crippen molar-refractivity contribution in [3.63, 3.8) is 0 Å². The summed E-state index contributed by atoms with van der Waals surface area (Å²) in [5.41, 5.74) is 1.15. The number of hydrogen-bond donors (Lipinski definition) is 1. The van der Waals surface area contributed by atoms with Gasteiger partial charge in [-0.2, -0.15) is 0 Å². The Balaban J connectivity index is 1.35. The molecule has 1 saturated carbocycles. The Hall–Kier alpha value is -2.46. The van der Waals surface area contributed by atoms with Crippen LogP contribution in [0.25, 0.3) is 0 Å². The molecule has 4 rings (SSSR count). The zero-order valence-electron chi connectivity index (χ0n) is 17.7. The molecular formula is C21H27N7OS2. The third kappa shape index (κ3) is 5.43. The highest BCUT2D eigenvalue weighted by atomic mass is 32.2. The molecule has 0 aliphatic heterocycles. The molecule has 10 heteroatoms. The number of carbonyl (C=O) groups excluding carboxylic acids is 1. The fourth-order valence-electron chi connectivity index (χ4n) is 3.80. The molecule has 31 heavy (non-hydrogen) atoms. The number of nitrogens with one attached hydrogen (secondary N) is 1. The molecule has 1 amide bonds. The normalized spacial score (nSPS) is 14.6. The number of aryl methyl sites for hydroxylation is 1. The Bertz CT molecular complexity index is 1030. The van der Waals surface area contributed by atoms with Gasteiger partial charge in [-0.05, 0) is 25.0 Å². The summed E-state index contributed by atoms with van der Waals surface area (Å²) in [6, 6.07) is 4.08. The lowest BCUT2D eigenvalue weighted by Crippen LogP contribution is -2.14. The molecule has 0 radical (unpaired) electrons. The second-order valence-corrected chi connectivity index (χ2v) is 9.65. The van der Waals surface area contributed by atoms with E-state index >= 15 is 0 Å². The maximum absolute atomic E-state index is 12.5. The van der Waals surface area contributed by atoms with Crippen molar-refractivity contribution in [2.75, 3.05) is 11.1 Å². The summed E-state index contributed by atoms with van der Waals surface area (Å²) >= 11 is 2.86. The summed E-state index contributed by atoms with van der Waals surface area (Å²) in [5.74, 6) is 1.46. The van der Waals surface area contributed by atoms with E-state index in [1.165, 1.54) is 55.2 Å². The van der Waals surface area contributed by atoms with Crippen LogP contribution in [-0.2, 0) is 24.8 Å². The Labute approximate surface area is 190 Å². The van der Waals surface area contributed by atoms with Crippen LogP contribution in [0.4, 0.5) is 5.13 Å². The van der Waals surface area contributed by atoms with E-state index in [4.69, 9.17) is 0 Å². The molecule has 0 saturated heterocycles. The van der Waals surface area contributed by atoms with Gasteiger partial charge in [-0.1, -0.05) is 48.4 Å². The summed E-state index contributed by atoms with van der Waals surface area (Å²) in [6.45, 7) is 4.44. The van der Waals surface area contributed by atoms with E-state index in [0.29, 0.717) is 29.2 Å². The highest BCUT2D eigenvalue weighted by molar-refractivity contribution is 7.99. The average Bonchev–Trinajstić information content (AvgIpc) is 3.50. The maximum Gasteiger partial charge on any atom is 0.236 e. The molecule has 1 N–H and O–H groups in total. The average molecular weight is 458 g/mol. The molecule has 8 nitrogen and oxygen atoms in total. The van der Waals surface area contributed by atoms with Gasteiger partial charge in [0.25, 0.3) is 0 Å². The summed E-state index contributed by atoms with van der Waals surface area (Å²) in [5, 5.41) is 22.3. The fourth-order valence-corrected chi connectivity index (χ4v) is 5.49. The molecule has 0 unspecified atom stereocenters. The van der Waals surface area contributed by atoms with Gasteiger partial charge in [0.1, 0.15) is 10.8 Å². The van der Waals surface area contributed by atoms with Crippen LogP contribution in [0.1, 0.15) is 54.5 Å². The topological polar surface area (TPSA) is 90.5 Å². The molecule has 0 atom stereocenters. The molecule has 1 aliphatic rings. The lowest BCUT2D eigenvalue weighted by Gasteiger charge is -2.18. The van der Waals surface area contributed by atoms with Crippen LogP contribution in [0.3, 0.4) is 0 Å². The van der Waals surface area contributed by atoms with E-state index in [1.807, 2.05) is 30.0 Å². The molecule has 0 bridgehead atoms. The van der Waals surface area contributed by atoms with Crippen LogP contribution >= 0.6 is 23.1 Å². The quantitative estimate of drug-likeness (QED) is 0.385. The monoisotopic (exact) mass is 457 g/mol. The van der Waals surface area contributed by atoms with Gasteiger partial charge in [-0.3, -0.25) is 10.1 Å². The van der Waals surface area contributed by atoms with Crippen molar-refractivity contribution in [1.29, 1.82) is 0 Å². The highest BCUT2D eigenvalue weighted by Crippen LogP contribution is 2.35. The van der Waals surface area contributed by atoms with Crippen molar-refractivity contribution in [1.82, 2.24) is 29.5 Å². The predicted octanol–water partition coefficient (Wildman–Crippen LogP) is 4.02. The molecule has 164 valence electrons. The van der Waals surface area contributed by atoms with Gasteiger partial charge >= 0.3 is 0 Å². The van der Waals surface area contributed by atoms with Crippen molar-refractivity contribution in [3.05, 3.63) is 47.5 Å². The van der Waals surface area contributed by atoms with E-state index in [9.17, 15) is 4.79 Å². The Morgan fingerprint density at radius 1 is 1.29 bits per heavy atom. The summed E-state index contributed by atoms with van der Waals surface area (Å²) in [7, 11) is 2.01. The van der Waals surface area contributed by atoms with Crippen LogP contribution in [0.5, 0.6) is 0 Å². The number of nitrogens with zero attached hydrogens (tertiary/aromatic N) is 6. The lowest BCUT2D eigenvalue weighted by molar-refractivity contribution is -0.113. The number of hydrogen-bond acceptors (Lipinski definition) is 7. The van der Waals surface area contributed by atoms with Gasteiger partial charge in [0.2, 0.25) is 11.0 Å². The minimum absolute atomic E-state index is 0.117. The standard InChI is InChI=1S/C21H27N7OS2/c1-3-11-28-17(13-16-10-7-12-27(16)2)23-26-21(28)30-14-18(29)22-20-25-24-19(31-20)15-8-5-4-6-9-15/h3,7,10,12,15H,1,4-6,8-9,11,13-14H2,2H3,(H,22,25,29). The molecule has 1 aliphatic carbocycles. The fraction of sp³-hybridized carbons (Fsp3) is 0.476. The smallest absolute Gasteiger partial charge is 0.236 e. The van der Waals surface area contributed by atoms with Crippen molar-refractivity contribution in [2.45, 2.75) is 56.1 Å². The van der Waals surface area contributed by atoms with E-state index in [0.717, 1.165) is 16.5 Å². The van der Waals surface area contributed by atoms with Crippen LogP contribution in [0.2, 0.25) is 0 Å². The van der Waals surface area contributed by atoms with Crippen LogP contribution in [0, 0.1) is 0 Å². The van der Waals surface area contributed by atoms with Crippen LogP contribution < -0.4 is 5.32 Å². The van der Waals surface area contributed by atoms with Crippen molar-refractivity contribution in [2.24, 2.45) is 7.05 Å². The van der Waals surface area contributed by atoms with Gasteiger partial charge in [0.05, 0.1) is 5.75 Å². The van der Waals surface area contributed by atoms with Crippen molar-refractivity contribution < 1.29 is 4.79 Å². The maximum atomic E-state index is 12.5. The first-order valence-electron chi connectivity index (χ1n) is 10.5. The first-order valence-corrected chi connectivity index (χ1v) is 12.3. The summed E-state index contributed by atoms with van der Waals surface area (Å²) in [4.78, 5) is 12.5. The zero-order chi connectivity index (χ0) is 21.6. The predicted molar refractivity (Wildman–Crippen MR) is 124 cm³/mol. The van der Waals surface area contributed by atoms with Crippen LogP contribution in [-0.4, -0.2) is 41.2 Å². The van der Waals surface area contributed by atoms with Crippen LogP contribution in [0.15, 0.2) is 36.1 Å². The summed E-state index contributed by atoms with van der Waals surface area (Å²) in [6.07, 6.45) is 10.6. The molecule has 3 heterocycles. The number of anilines is 1. The van der Waals surface area contributed by atoms with E-state index in [1.54, 1.807) is 0 Å². The number of amides is 1. The Morgan fingerprint density at radius 2 is 2.13 bits per heavy atom. The molecule has 3 aromatic heterocycles. The van der Waals surface area contributed by atoms with Gasteiger partial charge in [0, 0.05) is 37.8 Å². The molecule has 0 aromatic carbocycles. The second kappa shape index (κ2) is 10.2. The second-order valence-electron chi connectivity index (χ2n) is 7.70. The molecule has 0 spiro atoms. The molecule has 3 aromatic rings. The van der Waals surface area contributed by atoms with Crippen molar-refractivity contribution >= 4 is 34.1 Å². The zero-order valence-corrected chi connectivity index (χ0v) is 19.3. The lowest BCUT2D eigenvalue weighted by atomic mass is 9.90. The van der Waals surface area contributed by atoms with E-state index in [-0.39, 0.29) is 11.7 Å². The first-order chi connectivity index (χ1) is 15.1. The SMILES string of the molecule is C=CCn1c(Cc2cccn2C)nnc1SCC(=O)Nc1nnc(C2CCCCC2)s1. The summed E-state index contributed by atoms with van der Waals surface area (Å²) < 4.78 is 4.07. The van der Waals surface area contributed by atoms with E-state index in [2.05, 4.69) is 42.9 Å². The highest BCUT2D eigenvalue weighted by Gasteiger charge is 2.20. The Kier molecular flexibility index (Phi) is 7.18. The number of thioether (sulfide) groups is 1. The number of carbonyl (C=O) groups is 1. The van der Waals surface area contributed by atoms with Gasteiger partial charge in [-0.15, -0.1) is 27.0 Å². The Morgan fingerprint density at radius 3 is 2.87 bits per heavy atom. The minimum Gasteiger partial charge on any atom is -0.354 e. The van der Waals surface area contributed by atoms with Crippen molar-refractivity contribution in [3.8, 4) is 0 Å². The molecule has 1 fully saturated rings. The third-order valence-electron chi connectivity index (χ3n) is 5.47.